The van der Waals surface area contributed by atoms with Gasteiger partial charge in [0.05, 0.1) is 0 Å². The van der Waals surface area contributed by atoms with Gasteiger partial charge in [-0.25, -0.2) is 4.98 Å². The van der Waals surface area contributed by atoms with Gasteiger partial charge in [0.1, 0.15) is 17.3 Å². The molecule has 0 unspecified atom stereocenters. The zero-order valence-corrected chi connectivity index (χ0v) is 10.2. The predicted molar refractivity (Wildman–Crippen MR) is 68.0 cm³/mol. The molecule has 1 heterocycles. The normalized spacial score (nSPS) is 10.5. The maximum absolute atomic E-state index is 7.37. The first-order valence-electron chi connectivity index (χ1n) is 5.61. The Kier molecular flexibility index (Phi) is 4.28. The number of nitrogens with zero attached hydrogens (tertiary/aromatic N) is 2. The Labute approximate surface area is 97.0 Å². The van der Waals surface area contributed by atoms with Crippen LogP contribution in [-0.4, -0.2) is 23.9 Å². The van der Waals surface area contributed by atoms with Gasteiger partial charge in [-0.05, 0) is 25.0 Å². The van der Waals surface area contributed by atoms with Crippen LogP contribution in [-0.2, 0) is 0 Å². The lowest BCUT2D eigenvalue weighted by Gasteiger charge is -2.24. The summed E-state index contributed by atoms with van der Waals surface area (Å²) in [7, 11) is 0. The quantitative estimate of drug-likeness (QED) is 0.588. The van der Waals surface area contributed by atoms with Gasteiger partial charge in [0, 0.05) is 13.1 Å². The molecule has 4 nitrogen and oxygen atoms in total. The first-order chi connectivity index (χ1) is 7.54. The molecule has 16 heavy (non-hydrogen) atoms. The molecule has 1 aromatic rings. The van der Waals surface area contributed by atoms with Crippen molar-refractivity contribution in [2.75, 3.05) is 18.0 Å². The van der Waals surface area contributed by atoms with Crippen molar-refractivity contribution >= 4 is 11.7 Å². The minimum Gasteiger partial charge on any atom is -0.382 e. The molecule has 1 rings (SSSR count). The van der Waals surface area contributed by atoms with E-state index >= 15 is 0 Å². The number of nitrogen functional groups attached to an aromatic ring is 1. The highest BCUT2D eigenvalue weighted by atomic mass is 15.2. The largest absolute Gasteiger partial charge is 0.382 e. The van der Waals surface area contributed by atoms with Crippen molar-refractivity contribution in [3.63, 3.8) is 0 Å². The molecule has 3 N–H and O–H groups in total. The molecule has 0 amide bonds. The average Bonchev–Trinajstić information content (AvgIpc) is 2.25. The molecule has 0 aliphatic heterocycles. The third-order valence-corrected chi connectivity index (χ3v) is 2.30. The summed E-state index contributed by atoms with van der Waals surface area (Å²) < 4.78 is 0. The number of hydrogen-bond acceptors (Lipinski definition) is 3. The van der Waals surface area contributed by atoms with Gasteiger partial charge in [-0.15, -0.1) is 0 Å². The maximum Gasteiger partial charge on any atom is 0.141 e. The summed E-state index contributed by atoms with van der Waals surface area (Å²) in [6.45, 7) is 8.33. The fraction of sp³-hybridized carbons (Fsp3) is 0.500. The predicted octanol–water partition coefficient (Wildman–Crippen LogP) is 1.85. The molecule has 1 aromatic heterocycles. The van der Waals surface area contributed by atoms with Crippen LogP contribution in [0.4, 0.5) is 5.82 Å². The van der Waals surface area contributed by atoms with E-state index in [9.17, 15) is 0 Å². The summed E-state index contributed by atoms with van der Waals surface area (Å²) in [5, 5.41) is 7.37. The summed E-state index contributed by atoms with van der Waals surface area (Å²) in [4.78, 5) is 6.56. The van der Waals surface area contributed by atoms with Gasteiger partial charge < -0.3 is 10.6 Å². The number of aromatic nitrogens is 1. The molecule has 0 aliphatic carbocycles. The van der Waals surface area contributed by atoms with E-state index < -0.39 is 0 Å². The van der Waals surface area contributed by atoms with E-state index in [1.54, 1.807) is 6.07 Å². The van der Waals surface area contributed by atoms with Crippen LogP contribution in [0.3, 0.4) is 0 Å². The molecule has 0 aliphatic rings. The number of nitrogens with one attached hydrogen (secondary N) is 1. The van der Waals surface area contributed by atoms with Crippen LogP contribution in [0.5, 0.6) is 0 Å². The first-order valence-corrected chi connectivity index (χ1v) is 5.61. The fourth-order valence-corrected chi connectivity index (χ4v) is 1.57. The number of rotatable bonds is 5. The molecule has 0 saturated carbocycles. The third kappa shape index (κ3) is 3.22. The van der Waals surface area contributed by atoms with Crippen molar-refractivity contribution in [1.29, 1.82) is 5.41 Å². The van der Waals surface area contributed by atoms with Crippen LogP contribution in [0.1, 0.15) is 26.5 Å². The first kappa shape index (κ1) is 12.5. The molecule has 0 saturated heterocycles. The summed E-state index contributed by atoms with van der Waals surface area (Å²) in [6, 6.07) is 5.61. The summed E-state index contributed by atoms with van der Waals surface area (Å²) in [5.74, 6) is 1.49. The monoisotopic (exact) mass is 220 g/mol. The molecule has 0 spiro atoms. The van der Waals surface area contributed by atoms with Crippen LogP contribution >= 0.6 is 0 Å². The Balaban J connectivity index is 2.92. The van der Waals surface area contributed by atoms with Gasteiger partial charge in [-0.1, -0.05) is 19.9 Å². The Morgan fingerprint density at radius 2 is 2.19 bits per heavy atom. The van der Waals surface area contributed by atoms with Gasteiger partial charge in [0.25, 0.3) is 0 Å². The number of pyridine rings is 1. The number of nitrogens with two attached hydrogens (primary N) is 1. The lowest BCUT2D eigenvalue weighted by Crippen LogP contribution is -2.28. The van der Waals surface area contributed by atoms with E-state index in [0.29, 0.717) is 11.6 Å². The smallest absolute Gasteiger partial charge is 0.141 e. The molecule has 0 atom stereocenters. The van der Waals surface area contributed by atoms with Gasteiger partial charge >= 0.3 is 0 Å². The van der Waals surface area contributed by atoms with Crippen molar-refractivity contribution in [1.82, 2.24) is 4.98 Å². The maximum atomic E-state index is 7.37. The fourth-order valence-electron chi connectivity index (χ4n) is 1.57. The van der Waals surface area contributed by atoms with Gasteiger partial charge in [-0.3, -0.25) is 5.41 Å². The highest BCUT2D eigenvalue weighted by Gasteiger charge is 2.09. The molecular formula is C12H20N4. The second-order valence-electron chi connectivity index (χ2n) is 4.23. The molecule has 0 aromatic carbocycles. The Morgan fingerprint density at radius 1 is 1.50 bits per heavy atom. The second-order valence-corrected chi connectivity index (χ2v) is 4.23. The summed E-state index contributed by atoms with van der Waals surface area (Å²) in [6.07, 6.45) is 0. The van der Waals surface area contributed by atoms with E-state index in [1.165, 1.54) is 0 Å². The Morgan fingerprint density at radius 3 is 2.69 bits per heavy atom. The summed E-state index contributed by atoms with van der Waals surface area (Å²) in [5.41, 5.74) is 5.97. The van der Waals surface area contributed by atoms with Crippen LogP contribution in [0, 0.1) is 11.3 Å². The van der Waals surface area contributed by atoms with E-state index in [-0.39, 0.29) is 5.84 Å². The molecule has 4 heteroatoms. The number of hydrogen-bond donors (Lipinski definition) is 2. The number of anilines is 1. The van der Waals surface area contributed by atoms with E-state index in [0.717, 1.165) is 18.9 Å². The number of amidine groups is 1. The molecular weight excluding hydrogens is 200 g/mol. The van der Waals surface area contributed by atoms with E-state index in [1.807, 2.05) is 12.1 Å². The standard InChI is InChI=1S/C12H20N4/c1-4-16(8-9(2)3)11-7-5-6-10(15-11)12(13)14/h5-7,9H,4,8H2,1-3H3,(H3,13,14). The van der Waals surface area contributed by atoms with Crippen LogP contribution in [0.2, 0.25) is 0 Å². The molecule has 88 valence electrons. The molecule has 0 radical (unpaired) electrons. The van der Waals surface area contributed by atoms with E-state index in [4.69, 9.17) is 11.1 Å². The van der Waals surface area contributed by atoms with Crippen molar-refractivity contribution in [2.24, 2.45) is 11.7 Å². The van der Waals surface area contributed by atoms with Gasteiger partial charge in [0.2, 0.25) is 0 Å². The van der Waals surface area contributed by atoms with Crippen molar-refractivity contribution in [3.8, 4) is 0 Å². The lowest BCUT2D eigenvalue weighted by atomic mass is 10.2. The lowest BCUT2D eigenvalue weighted by molar-refractivity contribution is 0.614. The average molecular weight is 220 g/mol. The Bertz CT molecular complexity index is 360. The zero-order valence-electron chi connectivity index (χ0n) is 10.2. The molecule has 0 fully saturated rings. The van der Waals surface area contributed by atoms with Crippen molar-refractivity contribution in [2.45, 2.75) is 20.8 Å². The van der Waals surface area contributed by atoms with Crippen LogP contribution in [0.25, 0.3) is 0 Å². The minimum absolute atomic E-state index is 0.0162. The summed E-state index contributed by atoms with van der Waals surface area (Å²) >= 11 is 0. The second kappa shape index (κ2) is 5.49. The zero-order chi connectivity index (χ0) is 12.1. The highest BCUT2D eigenvalue weighted by Crippen LogP contribution is 2.13. The van der Waals surface area contributed by atoms with Crippen LogP contribution < -0.4 is 10.6 Å². The SMILES string of the molecule is CCN(CC(C)C)c1cccc(C(=N)N)n1. The topological polar surface area (TPSA) is 66.0 Å². The van der Waals surface area contributed by atoms with Crippen LogP contribution in [0.15, 0.2) is 18.2 Å². The molecule has 0 bridgehead atoms. The van der Waals surface area contributed by atoms with Gasteiger partial charge in [0.15, 0.2) is 0 Å². The van der Waals surface area contributed by atoms with Crippen molar-refractivity contribution in [3.05, 3.63) is 23.9 Å². The minimum atomic E-state index is 0.0162. The van der Waals surface area contributed by atoms with Crippen molar-refractivity contribution < 1.29 is 0 Å². The van der Waals surface area contributed by atoms with Gasteiger partial charge in [-0.2, -0.15) is 0 Å². The highest BCUT2D eigenvalue weighted by molar-refractivity contribution is 5.93. The third-order valence-electron chi connectivity index (χ3n) is 2.30. The van der Waals surface area contributed by atoms with E-state index in [2.05, 4.69) is 30.7 Å². The Hall–Kier alpha value is -1.58.